The molecule has 0 radical (unpaired) electrons. The third-order valence-corrected chi connectivity index (χ3v) is 5.37. The Balaban J connectivity index is 2.46. The van der Waals surface area contributed by atoms with Gasteiger partial charge in [0, 0.05) is 17.1 Å². The molecule has 3 N–H and O–H groups in total. The molecule has 8 heteroatoms. The van der Waals surface area contributed by atoms with E-state index >= 15 is 0 Å². The lowest BCUT2D eigenvalue weighted by Gasteiger charge is -2.36. The Hall–Kier alpha value is -2.77. The van der Waals surface area contributed by atoms with Crippen LogP contribution in [0, 0.1) is 12.8 Å². The van der Waals surface area contributed by atoms with Gasteiger partial charge in [-0.15, -0.1) is 0 Å². The van der Waals surface area contributed by atoms with Crippen LogP contribution in [-0.4, -0.2) is 51.1 Å². The Bertz CT molecular complexity index is 900. The van der Waals surface area contributed by atoms with E-state index in [9.17, 15) is 19.5 Å². The molecule has 184 valence electrons. The SMILES string of the molecule is Cc1cccc(C(C(=O)NC(C)(C)C)N(C(=O)C(C)NC(=O)OC(C)(C)C)C2CC2C)c1O. The molecule has 2 rings (SSSR count). The summed E-state index contributed by atoms with van der Waals surface area (Å²) in [4.78, 5) is 41.0. The van der Waals surface area contributed by atoms with Crippen molar-refractivity contribution < 1.29 is 24.2 Å². The third kappa shape index (κ3) is 7.11. The van der Waals surface area contributed by atoms with Crippen molar-refractivity contribution in [2.75, 3.05) is 0 Å². The summed E-state index contributed by atoms with van der Waals surface area (Å²) in [6.07, 6.45) is 0.0257. The highest BCUT2D eigenvalue weighted by molar-refractivity contribution is 5.93. The van der Waals surface area contributed by atoms with Crippen molar-refractivity contribution in [3.05, 3.63) is 29.3 Å². The van der Waals surface area contributed by atoms with Crippen molar-refractivity contribution in [3.63, 3.8) is 0 Å². The fourth-order valence-electron chi connectivity index (χ4n) is 3.70. The van der Waals surface area contributed by atoms with E-state index in [1.54, 1.807) is 52.8 Å². The van der Waals surface area contributed by atoms with Gasteiger partial charge < -0.3 is 25.4 Å². The second-order valence-corrected chi connectivity index (χ2v) is 11.0. The number of para-hydroxylation sites is 1. The smallest absolute Gasteiger partial charge is 0.408 e. The van der Waals surface area contributed by atoms with E-state index in [0.717, 1.165) is 6.42 Å². The molecule has 1 aliphatic carbocycles. The molecule has 0 bridgehead atoms. The van der Waals surface area contributed by atoms with E-state index in [1.165, 1.54) is 4.90 Å². The number of nitrogens with zero attached hydrogens (tertiary/aromatic N) is 1. The Kier molecular flexibility index (Phi) is 7.71. The number of carbonyl (C=O) groups excluding carboxylic acids is 3. The lowest BCUT2D eigenvalue weighted by Crippen LogP contribution is -2.54. The summed E-state index contributed by atoms with van der Waals surface area (Å²) in [7, 11) is 0. The van der Waals surface area contributed by atoms with Crippen LogP contribution in [0.1, 0.15) is 79.0 Å². The topological polar surface area (TPSA) is 108 Å². The lowest BCUT2D eigenvalue weighted by molar-refractivity contribution is -0.143. The quantitative estimate of drug-likeness (QED) is 0.597. The fraction of sp³-hybridized carbons (Fsp3) is 0.640. The van der Waals surface area contributed by atoms with Gasteiger partial charge in [0.15, 0.2) is 0 Å². The number of rotatable bonds is 6. The second kappa shape index (κ2) is 9.61. The van der Waals surface area contributed by atoms with Crippen LogP contribution in [0.2, 0.25) is 0 Å². The summed E-state index contributed by atoms with van der Waals surface area (Å²) < 4.78 is 5.29. The van der Waals surface area contributed by atoms with Crippen molar-refractivity contribution >= 4 is 17.9 Å². The highest BCUT2D eigenvalue weighted by atomic mass is 16.6. The molecule has 0 spiro atoms. The van der Waals surface area contributed by atoms with Gasteiger partial charge in [0.1, 0.15) is 23.4 Å². The number of phenols is 1. The number of alkyl carbamates (subject to hydrolysis) is 1. The number of phenolic OH excluding ortho intramolecular Hbond substituents is 1. The first-order chi connectivity index (χ1) is 15.0. The molecule has 1 aliphatic rings. The number of amides is 3. The van der Waals surface area contributed by atoms with E-state index in [4.69, 9.17) is 4.74 Å². The Morgan fingerprint density at radius 2 is 1.73 bits per heavy atom. The molecule has 0 saturated heterocycles. The zero-order chi connectivity index (χ0) is 25.3. The minimum atomic E-state index is -1.05. The molecule has 4 unspecified atom stereocenters. The first-order valence-corrected chi connectivity index (χ1v) is 11.4. The van der Waals surface area contributed by atoms with Gasteiger partial charge in [0.05, 0.1) is 0 Å². The van der Waals surface area contributed by atoms with Crippen LogP contribution in [0.5, 0.6) is 5.75 Å². The van der Waals surface area contributed by atoms with Crippen LogP contribution < -0.4 is 10.6 Å². The summed E-state index contributed by atoms with van der Waals surface area (Å²) in [6.45, 7) is 16.1. The molecule has 0 aliphatic heterocycles. The molecule has 1 saturated carbocycles. The third-order valence-electron chi connectivity index (χ3n) is 5.37. The normalized spacial score (nSPS) is 19.8. The molecular weight excluding hydrogens is 422 g/mol. The zero-order valence-corrected chi connectivity index (χ0v) is 21.3. The molecule has 8 nitrogen and oxygen atoms in total. The molecular formula is C25H39N3O5. The van der Waals surface area contributed by atoms with Gasteiger partial charge in [0.25, 0.3) is 0 Å². The van der Waals surface area contributed by atoms with E-state index < -0.39 is 35.2 Å². The predicted molar refractivity (Wildman–Crippen MR) is 127 cm³/mol. The maximum absolute atomic E-state index is 13.6. The number of ether oxygens (including phenoxy) is 1. The van der Waals surface area contributed by atoms with Crippen molar-refractivity contribution in [1.29, 1.82) is 0 Å². The van der Waals surface area contributed by atoms with Gasteiger partial charge in [-0.25, -0.2) is 4.79 Å². The van der Waals surface area contributed by atoms with Crippen LogP contribution in [-0.2, 0) is 14.3 Å². The number of hydrogen-bond acceptors (Lipinski definition) is 5. The number of aryl methyl sites for hydroxylation is 1. The Labute approximate surface area is 197 Å². The number of nitrogens with one attached hydrogen (secondary N) is 2. The van der Waals surface area contributed by atoms with E-state index in [1.807, 2.05) is 27.7 Å². The highest BCUT2D eigenvalue weighted by Crippen LogP contribution is 2.42. The van der Waals surface area contributed by atoms with Crippen molar-refractivity contribution in [1.82, 2.24) is 15.5 Å². The molecule has 4 atom stereocenters. The Morgan fingerprint density at radius 1 is 1.15 bits per heavy atom. The van der Waals surface area contributed by atoms with Crippen molar-refractivity contribution in [3.8, 4) is 5.75 Å². The van der Waals surface area contributed by atoms with Crippen LogP contribution in [0.3, 0.4) is 0 Å². The van der Waals surface area contributed by atoms with Crippen molar-refractivity contribution in [2.45, 2.75) is 98.0 Å². The predicted octanol–water partition coefficient (Wildman–Crippen LogP) is 3.81. The van der Waals surface area contributed by atoms with E-state index in [2.05, 4.69) is 10.6 Å². The maximum atomic E-state index is 13.6. The van der Waals surface area contributed by atoms with Gasteiger partial charge in [0.2, 0.25) is 11.8 Å². The second-order valence-electron chi connectivity index (χ2n) is 11.0. The minimum absolute atomic E-state index is 0.0228. The summed E-state index contributed by atoms with van der Waals surface area (Å²) in [5.74, 6) is -0.629. The first kappa shape index (κ1) is 26.5. The lowest BCUT2D eigenvalue weighted by atomic mass is 9.97. The standard InChI is InChI=1S/C25H39N3O5/c1-14-11-10-12-17(20(14)29)19(21(30)27-24(4,5)6)28(18-13-15(18)2)22(31)16(3)26-23(32)33-25(7,8)9/h10-12,15-16,18-19,29H,13H2,1-9H3,(H,26,32)(H,27,30). The summed E-state index contributed by atoms with van der Waals surface area (Å²) in [6, 6.07) is 3.00. The van der Waals surface area contributed by atoms with Gasteiger partial charge in [-0.05, 0) is 73.3 Å². The molecule has 1 fully saturated rings. The largest absolute Gasteiger partial charge is 0.507 e. The number of aromatic hydroxyl groups is 1. The molecule has 1 aromatic carbocycles. The molecule has 3 amide bonds. The highest BCUT2D eigenvalue weighted by Gasteiger charge is 2.48. The fourth-order valence-corrected chi connectivity index (χ4v) is 3.70. The molecule has 0 heterocycles. The number of carbonyl (C=O) groups is 3. The molecule has 33 heavy (non-hydrogen) atoms. The summed E-state index contributed by atoms with van der Waals surface area (Å²) >= 11 is 0. The monoisotopic (exact) mass is 461 g/mol. The summed E-state index contributed by atoms with van der Waals surface area (Å²) in [5.41, 5.74) is -0.287. The minimum Gasteiger partial charge on any atom is -0.507 e. The van der Waals surface area contributed by atoms with Gasteiger partial charge in [-0.1, -0.05) is 25.1 Å². The van der Waals surface area contributed by atoms with Crippen LogP contribution in [0.15, 0.2) is 18.2 Å². The van der Waals surface area contributed by atoms with Crippen LogP contribution in [0.4, 0.5) is 4.79 Å². The van der Waals surface area contributed by atoms with Gasteiger partial charge in [-0.3, -0.25) is 9.59 Å². The summed E-state index contributed by atoms with van der Waals surface area (Å²) in [5, 5.41) is 16.4. The van der Waals surface area contributed by atoms with E-state index in [0.29, 0.717) is 11.1 Å². The van der Waals surface area contributed by atoms with Crippen LogP contribution >= 0.6 is 0 Å². The maximum Gasteiger partial charge on any atom is 0.408 e. The molecule has 1 aromatic rings. The van der Waals surface area contributed by atoms with Gasteiger partial charge in [-0.2, -0.15) is 0 Å². The number of hydrogen-bond donors (Lipinski definition) is 3. The van der Waals surface area contributed by atoms with E-state index in [-0.39, 0.29) is 23.6 Å². The van der Waals surface area contributed by atoms with Crippen molar-refractivity contribution in [2.24, 2.45) is 5.92 Å². The Morgan fingerprint density at radius 3 is 2.21 bits per heavy atom. The van der Waals surface area contributed by atoms with Gasteiger partial charge >= 0.3 is 6.09 Å². The average Bonchev–Trinajstić information content (AvgIpc) is 3.34. The van der Waals surface area contributed by atoms with Crippen LogP contribution in [0.25, 0.3) is 0 Å². The number of benzene rings is 1. The zero-order valence-electron chi connectivity index (χ0n) is 21.3. The molecule has 0 aromatic heterocycles. The average molecular weight is 462 g/mol. The first-order valence-electron chi connectivity index (χ1n) is 11.4.